The third kappa shape index (κ3) is 48.9. The van der Waals surface area contributed by atoms with Gasteiger partial charge in [0.25, 0.3) is 0 Å². The van der Waals surface area contributed by atoms with Crippen LogP contribution in [0.25, 0.3) is 0 Å². The Balaban J connectivity index is 2.60. The smallest absolute Gasteiger partial charge is 0.306 e. The van der Waals surface area contributed by atoms with Gasteiger partial charge in [-0.2, -0.15) is 0 Å². The van der Waals surface area contributed by atoms with Crippen molar-refractivity contribution in [2.24, 2.45) is 0 Å². The molecule has 0 aromatic carbocycles. The standard InChI is InChI=1S/C74H135NO10/c1-4-7-10-13-16-19-22-25-27-29-31-32-33-34-35-37-38-40-43-46-49-52-55-58-61-67(78)73(82)75-65(66(77)60-57-54-51-48-45-42-24-21-18-15-12-9-6-3)64-83-74-72(71(81)70(80)68(63-76)84-74)85-69(79)62-59-56-53-50-47-44-41-39-36-30-28-26-23-20-17-14-11-8-5-2/h16,19,25,27,31-32,34-35,57,60,65-68,70-72,74,76-78,80-81H,4-15,17-18,20-24,26,28-30,33,36-56,58-59,61-64H2,1-3H3,(H,75,82)/b19-16-,27-25-,32-31-,35-34-,60-57+. The van der Waals surface area contributed by atoms with Gasteiger partial charge in [0.05, 0.1) is 25.4 Å². The van der Waals surface area contributed by atoms with Crippen molar-refractivity contribution in [3.05, 3.63) is 60.8 Å². The van der Waals surface area contributed by atoms with Crippen molar-refractivity contribution in [3.8, 4) is 0 Å². The lowest BCUT2D eigenvalue weighted by Crippen LogP contribution is -2.61. The Labute approximate surface area is 522 Å². The van der Waals surface area contributed by atoms with Gasteiger partial charge in [-0.05, 0) is 70.6 Å². The minimum atomic E-state index is -1.61. The number of carbonyl (C=O) groups is 2. The van der Waals surface area contributed by atoms with Crippen molar-refractivity contribution in [2.45, 2.75) is 384 Å². The minimum Gasteiger partial charge on any atom is -0.454 e. The average Bonchev–Trinajstić information content (AvgIpc) is 3.17. The first-order valence-corrected chi connectivity index (χ1v) is 36.1. The minimum absolute atomic E-state index is 0.126. The van der Waals surface area contributed by atoms with E-state index in [0.717, 1.165) is 83.5 Å². The second-order valence-electron chi connectivity index (χ2n) is 25.0. The summed E-state index contributed by atoms with van der Waals surface area (Å²) < 4.78 is 17.7. The van der Waals surface area contributed by atoms with Crippen LogP contribution in [0.3, 0.4) is 0 Å². The first-order valence-electron chi connectivity index (χ1n) is 36.1. The number of aliphatic hydroxyl groups excluding tert-OH is 5. The Morgan fingerprint density at radius 3 is 1.24 bits per heavy atom. The molecule has 8 unspecified atom stereocenters. The molecule has 1 amide bonds. The molecule has 0 saturated carbocycles. The molecule has 0 aliphatic carbocycles. The molecule has 8 atom stereocenters. The van der Waals surface area contributed by atoms with Crippen LogP contribution in [0.4, 0.5) is 0 Å². The van der Waals surface area contributed by atoms with Crippen molar-refractivity contribution in [1.82, 2.24) is 5.32 Å². The number of rotatable bonds is 62. The van der Waals surface area contributed by atoms with Crippen LogP contribution < -0.4 is 5.32 Å². The molecule has 0 aromatic heterocycles. The number of aliphatic hydroxyl groups is 5. The van der Waals surface area contributed by atoms with Gasteiger partial charge < -0.3 is 45.1 Å². The normalized spacial score (nSPS) is 18.7. The largest absolute Gasteiger partial charge is 0.454 e. The molecular weight excluding hydrogens is 1060 g/mol. The molecule has 11 nitrogen and oxygen atoms in total. The van der Waals surface area contributed by atoms with E-state index in [1.54, 1.807) is 6.08 Å². The summed E-state index contributed by atoms with van der Waals surface area (Å²) in [5, 5.41) is 57.3. The molecule has 1 heterocycles. The highest BCUT2D eigenvalue weighted by Gasteiger charge is 2.47. The van der Waals surface area contributed by atoms with Crippen molar-refractivity contribution in [1.29, 1.82) is 0 Å². The van der Waals surface area contributed by atoms with Gasteiger partial charge >= 0.3 is 5.97 Å². The summed E-state index contributed by atoms with van der Waals surface area (Å²) in [4.78, 5) is 26.7. The van der Waals surface area contributed by atoms with E-state index in [0.29, 0.717) is 12.8 Å². The Morgan fingerprint density at radius 1 is 0.459 bits per heavy atom. The molecule has 0 aromatic rings. The third-order valence-electron chi connectivity index (χ3n) is 16.9. The number of unbranched alkanes of at least 4 members (excludes halogenated alkanes) is 40. The van der Waals surface area contributed by atoms with Gasteiger partial charge in [0.2, 0.25) is 5.91 Å². The van der Waals surface area contributed by atoms with Gasteiger partial charge in [-0.3, -0.25) is 9.59 Å². The van der Waals surface area contributed by atoms with Gasteiger partial charge in [-0.1, -0.05) is 319 Å². The quantitative estimate of drug-likeness (QED) is 0.0195. The molecule has 1 aliphatic rings. The molecule has 85 heavy (non-hydrogen) atoms. The zero-order valence-electron chi connectivity index (χ0n) is 55.2. The molecule has 1 rings (SSSR count). The van der Waals surface area contributed by atoms with E-state index in [9.17, 15) is 35.1 Å². The first kappa shape index (κ1) is 80.4. The monoisotopic (exact) mass is 1200 g/mol. The maximum absolute atomic E-state index is 13.5. The predicted molar refractivity (Wildman–Crippen MR) is 356 cm³/mol. The van der Waals surface area contributed by atoms with E-state index in [2.05, 4.69) is 74.7 Å². The Hall–Kier alpha value is -2.64. The lowest BCUT2D eigenvalue weighted by atomic mass is 9.99. The van der Waals surface area contributed by atoms with E-state index < -0.39 is 67.4 Å². The summed E-state index contributed by atoms with van der Waals surface area (Å²) in [6.45, 7) is 5.81. The Kier molecular flexibility index (Phi) is 58.2. The number of carbonyl (C=O) groups excluding carboxylic acids is 2. The van der Waals surface area contributed by atoms with Crippen LogP contribution >= 0.6 is 0 Å². The van der Waals surface area contributed by atoms with Crippen LogP contribution in [0.5, 0.6) is 0 Å². The lowest BCUT2D eigenvalue weighted by Gasteiger charge is -2.41. The summed E-state index contributed by atoms with van der Waals surface area (Å²) in [5.41, 5.74) is 0. The van der Waals surface area contributed by atoms with Gasteiger partial charge in [-0.15, -0.1) is 0 Å². The van der Waals surface area contributed by atoms with E-state index in [1.165, 1.54) is 205 Å². The van der Waals surface area contributed by atoms with Crippen LogP contribution in [0.2, 0.25) is 0 Å². The van der Waals surface area contributed by atoms with Crippen LogP contribution in [0, 0.1) is 0 Å². The Bertz CT molecular complexity index is 1620. The maximum atomic E-state index is 13.5. The number of hydrogen-bond donors (Lipinski definition) is 6. The highest BCUT2D eigenvalue weighted by atomic mass is 16.7. The fraction of sp³-hybridized carbons (Fsp3) is 0.838. The molecule has 1 aliphatic heterocycles. The van der Waals surface area contributed by atoms with Crippen molar-refractivity contribution >= 4 is 11.9 Å². The predicted octanol–water partition coefficient (Wildman–Crippen LogP) is 18.5. The van der Waals surface area contributed by atoms with E-state index >= 15 is 0 Å². The van der Waals surface area contributed by atoms with E-state index in [4.69, 9.17) is 14.2 Å². The van der Waals surface area contributed by atoms with Gasteiger partial charge in [0, 0.05) is 6.42 Å². The molecule has 1 fully saturated rings. The van der Waals surface area contributed by atoms with Crippen LogP contribution in [-0.2, 0) is 23.8 Å². The second kappa shape index (κ2) is 61.6. The molecule has 6 N–H and O–H groups in total. The first-order chi connectivity index (χ1) is 41.7. The molecule has 11 heteroatoms. The number of ether oxygens (including phenoxy) is 3. The van der Waals surface area contributed by atoms with Crippen molar-refractivity contribution in [2.75, 3.05) is 13.2 Å². The summed E-state index contributed by atoms with van der Waals surface area (Å²) in [6.07, 6.45) is 68.2. The Morgan fingerprint density at radius 2 is 0.812 bits per heavy atom. The average molecular weight is 1200 g/mol. The molecule has 0 bridgehead atoms. The zero-order valence-corrected chi connectivity index (χ0v) is 55.2. The topological polar surface area (TPSA) is 175 Å². The summed E-state index contributed by atoms with van der Waals surface area (Å²) >= 11 is 0. The fourth-order valence-corrected chi connectivity index (χ4v) is 11.2. The summed E-state index contributed by atoms with van der Waals surface area (Å²) in [7, 11) is 0. The molecular formula is C74H135NO10. The molecule has 0 radical (unpaired) electrons. The van der Waals surface area contributed by atoms with E-state index in [1.807, 2.05) is 6.08 Å². The van der Waals surface area contributed by atoms with Crippen LogP contribution in [0.1, 0.15) is 335 Å². The van der Waals surface area contributed by atoms with Crippen molar-refractivity contribution in [3.63, 3.8) is 0 Å². The number of esters is 1. The number of nitrogens with one attached hydrogen (secondary N) is 1. The summed E-state index contributed by atoms with van der Waals surface area (Å²) in [6, 6.07) is -1.03. The van der Waals surface area contributed by atoms with Crippen LogP contribution in [0.15, 0.2) is 60.8 Å². The summed E-state index contributed by atoms with van der Waals surface area (Å²) in [5.74, 6) is -1.19. The SMILES string of the molecule is CCCCC/C=C\C/C=C\C/C=C\C/C=C\CCCCCCCCCCC(O)C(=O)NC(COC1OC(CO)C(O)C(O)C1OC(=O)CCCCCCCCCCCCCCCCCCCCC)C(O)/C=C/CCCCCCCCCCCCC. The molecule has 496 valence electrons. The maximum Gasteiger partial charge on any atom is 0.306 e. The second-order valence-corrected chi connectivity index (χ2v) is 25.0. The third-order valence-corrected chi connectivity index (χ3v) is 16.9. The number of amides is 1. The lowest BCUT2D eigenvalue weighted by molar-refractivity contribution is -0.305. The van der Waals surface area contributed by atoms with Crippen LogP contribution in [-0.4, -0.2) is 99.6 Å². The van der Waals surface area contributed by atoms with Gasteiger partial charge in [-0.25, -0.2) is 0 Å². The highest BCUT2D eigenvalue weighted by molar-refractivity contribution is 5.80. The number of hydrogen-bond acceptors (Lipinski definition) is 10. The zero-order chi connectivity index (χ0) is 61.7. The van der Waals surface area contributed by atoms with Gasteiger partial charge in [0.1, 0.15) is 24.4 Å². The molecule has 1 saturated heterocycles. The number of allylic oxidation sites excluding steroid dienone is 9. The van der Waals surface area contributed by atoms with E-state index in [-0.39, 0.29) is 19.4 Å². The molecule has 0 spiro atoms. The van der Waals surface area contributed by atoms with Gasteiger partial charge in [0.15, 0.2) is 12.4 Å². The van der Waals surface area contributed by atoms with Crippen molar-refractivity contribution < 1.29 is 49.3 Å². The highest BCUT2D eigenvalue weighted by Crippen LogP contribution is 2.26. The fourth-order valence-electron chi connectivity index (χ4n) is 11.2.